The second-order valence-electron chi connectivity index (χ2n) is 8.35. The third kappa shape index (κ3) is 7.73. The first-order chi connectivity index (χ1) is 12.8. The third-order valence-corrected chi connectivity index (χ3v) is 5.04. The van der Waals surface area contributed by atoms with Gasteiger partial charge in [-0.3, -0.25) is 4.99 Å². The van der Waals surface area contributed by atoms with Crippen LogP contribution in [-0.4, -0.2) is 56.4 Å². The van der Waals surface area contributed by atoms with E-state index in [4.69, 9.17) is 9.73 Å². The van der Waals surface area contributed by atoms with Gasteiger partial charge in [0, 0.05) is 38.5 Å². The lowest BCUT2D eigenvalue weighted by molar-refractivity contribution is 0.0241. The fraction of sp³-hybridized carbons (Fsp3) is 0.714. The average Bonchev–Trinajstić information content (AvgIpc) is 2.62. The number of guanidine groups is 1. The van der Waals surface area contributed by atoms with Crippen LogP contribution in [0, 0.1) is 12.3 Å². The first-order valence-electron chi connectivity index (χ1n) is 10.1. The lowest BCUT2D eigenvalue weighted by atomic mass is 9.89. The van der Waals surface area contributed by atoms with Gasteiger partial charge in [-0.25, -0.2) is 4.98 Å². The van der Waals surface area contributed by atoms with E-state index in [0.29, 0.717) is 12.6 Å². The van der Waals surface area contributed by atoms with Crippen molar-refractivity contribution in [3.05, 3.63) is 23.9 Å². The number of nitrogens with zero attached hydrogens (tertiary/aromatic N) is 3. The van der Waals surface area contributed by atoms with Crippen LogP contribution >= 0.6 is 24.0 Å². The van der Waals surface area contributed by atoms with Crippen molar-refractivity contribution in [1.29, 1.82) is 0 Å². The SMILES string of the molecule is CCNC(=NCC(OC)C(C)(C)C)NC1CCN(c2cccc(C)n2)CC1.I. The minimum atomic E-state index is 0. The molecule has 7 heteroatoms. The molecule has 1 aromatic heterocycles. The normalized spacial score (nSPS) is 17.1. The predicted octanol–water partition coefficient (Wildman–Crippen LogP) is 3.59. The summed E-state index contributed by atoms with van der Waals surface area (Å²) in [4.78, 5) is 11.8. The van der Waals surface area contributed by atoms with Crippen LogP contribution in [0.4, 0.5) is 5.82 Å². The molecule has 0 spiro atoms. The number of aromatic nitrogens is 1. The number of piperidine rings is 1. The molecule has 1 saturated heterocycles. The summed E-state index contributed by atoms with van der Waals surface area (Å²) in [5.74, 6) is 1.97. The maximum absolute atomic E-state index is 5.63. The number of pyridine rings is 1. The second kappa shape index (κ2) is 11.8. The Balaban J connectivity index is 0.00000392. The van der Waals surface area contributed by atoms with E-state index in [2.05, 4.69) is 60.3 Å². The summed E-state index contributed by atoms with van der Waals surface area (Å²) in [6, 6.07) is 6.66. The molecule has 1 unspecified atom stereocenters. The number of methoxy groups -OCH3 is 1. The van der Waals surface area contributed by atoms with Crippen LogP contribution in [0.15, 0.2) is 23.2 Å². The lowest BCUT2D eigenvalue weighted by Crippen LogP contribution is -2.49. The molecular formula is C21H38IN5O. The highest BCUT2D eigenvalue weighted by molar-refractivity contribution is 14.0. The summed E-state index contributed by atoms with van der Waals surface area (Å²) in [6.07, 6.45) is 2.25. The second-order valence-corrected chi connectivity index (χ2v) is 8.35. The summed E-state index contributed by atoms with van der Waals surface area (Å²) >= 11 is 0. The number of halogens is 1. The lowest BCUT2D eigenvalue weighted by Gasteiger charge is -2.34. The molecule has 160 valence electrons. The van der Waals surface area contributed by atoms with Crippen LogP contribution in [0.2, 0.25) is 0 Å². The van der Waals surface area contributed by atoms with Crippen LogP contribution in [-0.2, 0) is 4.74 Å². The van der Waals surface area contributed by atoms with Gasteiger partial charge in [-0.05, 0) is 44.2 Å². The van der Waals surface area contributed by atoms with E-state index in [1.54, 1.807) is 7.11 Å². The fourth-order valence-electron chi connectivity index (χ4n) is 3.35. The summed E-state index contributed by atoms with van der Waals surface area (Å²) < 4.78 is 5.63. The van der Waals surface area contributed by atoms with E-state index in [-0.39, 0.29) is 35.5 Å². The van der Waals surface area contributed by atoms with Crippen molar-refractivity contribution < 1.29 is 4.74 Å². The maximum atomic E-state index is 5.63. The Morgan fingerprint density at radius 1 is 1.32 bits per heavy atom. The number of aliphatic imine (C=N–C) groups is 1. The van der Waals surface area contributed by atoms with Crippen molar-refractivity contribution in [2.45, 2.75) is 59.6 Å². The molecule has 0 amide bonds. The van der Waals surface area contributed by atoms with Gasteiger partial charge in [-0.15, -0.1) is 24.0 Å². The smallest absolute Gasteiger partial charge is 0.191 e. The Bertz CT molecular complexity index is 609. The van der Waals surface area contributed by atoms with Crippen LogP contribution in [0.1, 0.15) is 46.2 Å². The first-order valence-corrected chi connectivity index (χ1v) is 10.1. The summed E-state index contributed by atoms with van der Waals surface area (Å²) in [7, 11) is 1.76. The molecule has 1 atom stereocenters. The zero-order valence-corrected chi connectivity index (χ0v) is 20.6. The molecule has 2 rings (SSSR count). The van der Waals surface area contributed by atoms with Crippen molar-refractivity contribution >= 4 is 35.8 Å². The van der Waals surface area contributed by atoms with Gasteiger partial charge in [-0.1, -0.05) is 26.8 Å². The predicted molar refractivity (Wildman–Crippen MR) is 129 cm³/mol. The highest BCUT2D eigenvalue weighted by atomic mass is 127. The summed E-state index contributed by atoms with van der Waals surface area (Å²) in [6.45, 7) is 14.2. The van der Waals surface area contributed by atoms with Gasteiger partial charge in [0.1, 0.15) is 5.82 Å². The molecule has 28 heavy (non-hydrogen) atoms. The number of rotatable bonds is 6. The quantitative estimate of drug-likeness (QED) is 0.353. The van der Waals surface area contributed by atoms with E-state index in [0.717, 1.165) is 49.9 Å². The molecule has 1 fully saturated rings. The molecule has 1 aliphatic rings. The molecule has 0 radical (unpaired) electrons. The van der Waals surface area contributed by atoms with E-state index >= 15 is 0 Å². The van der Waals surface area contributed by atoms with Crippen molar-refractivity contribution in [3.63, 3.8) is 0 Å². The average molecular weight is 503 g/mol. The number of hydrogen-bond donors (Lipinski definition) is 2. The van der Waals surface area contributed by atoms with Gasteiger partial charge in [0.2, 0.25) is 0 Å². The van der Waals surface area contributed by atoms with Gasteiger partial charge < -0.3 is 20.3 Å². The van der Waals surface area contributed by atoms with Gasteiger partial charge in [0.05, 0.1) is 12.6 Å². The van der Waals surface area contributed by atoms with E-state index in [9.17, 15) is 0 Å². The molecule has 1 aliphatic heterocycles. The summed E-state index contributed by atoms with van der Waals surface area (Å²) in [5, 5.41) is 6.98. The Kier molecular flexibility index (Phi) is 10.5. The van der Waals surface area contributed by atoms with Crippen LogP contribution in [0.5, 0.6) is 0 Å². The molecule has 0 aromatic carbocycles. The molecule has 0 aliphatic carbocycles. The Hall–Kier alpha value is -1.09. The van der Waals surface area contributed by atoms with Crippen molar-refractivity contribution in [1.82, 2.24) is 15.6 Å². The fourth-order valence-corrected chi connectivity index (χ4v) is 3.35. The van der Waals surface area contributed by atoms with Crippen molar-refractivity contribution in [3.8, 4) is 0 Å². The van der Waals surface area contributed by atoms with Crippen molar-refractivity contribution in [2.75, 3.05) is 38.2 Å². The zero-order valence-electron chi connectivity index (χ0n) is 18.3. The largest absolute Gasteiger partial charge is 0.379 e. The van der Waals surface area contributed by atoms with E-state index in [1.807, 2.05) is 13.0 Å². The standard InChI is InChI=1S/C21H37N5O.HI/c1-7-22-20(23-15-18(27-6)21(3,4)5)25-17-11-13-26(14-12-17)19-10-8-9-16(2)24-19;/h8-10,17-18H,7,11-15H2,1-6H3,(H2,22,23,25);1H. The van der Waals surface area contributed by atoms with Gasteiger partial charge in [0.15, 0.2) is 5.96 Å². The molecule has 0 bridgehead atoms. The van der Waals surface area contributed by atoms with E-state index < -0.39 is 0 Å². The molecule has 6 nitrogen and oxygen atoms in total. The minimum Gasteiger partial charge on any atom is -0.379 e. The number of nitrogens with one attached hydrogen (secondary N) is 2. The molecule has 2 N–H and O–H groups in total. The Morgan fingerprint density at radius 3 is 2.54 bits per heavy atom. The van der Waals surface area contributed by atoms with Gasteiger partial charge in [0.25, 0.3) is 0 Å². The number of hydrogen-bond acceptors (Lipinski definition) is 4. The van der Waals surface area contributed by atoms with Crippen LogP contribution < -0.4 is 15.5 Å². The monoisotopic (exact) mass is 503 g/mol. The van der Waals surface area contributed by atoms with Gasteiger partial charge >= 0.3 is 0 Å². The molecule has 1 aromatic rings. The number of ether oxygens (including phenoxy) is 1. The summed E-state index contributed by atoms with van der Waals surface area (Å²) in [5.41, 5.74) is 1.14. The number of aryl methyl sites for hydroxylation is 1. The number of anilines is 1. The Morgan fingerprint density at radius 2 is 2.00 bits per heavy atom. The van der Waals surface area contributed by atoms with Crippen molar-refractivity contribution in [2.24, 2.45) is 10.4 Å². The minimum absolute atomic E-state index is 0. The topological polar surface area (TPSA) is 61.8 Å². The molecular weight excluding hydrogens is 465 g/mol. The maximum Gasteiger partial charge on any atom is 0.191 e. The van der Waals surface area contributed by atoms with Crippen LogP contribution in [0.25, 0.3) is 0 Å². The third-order valence-electron chi connectivity index (χ3n) is 5.04. The first kappa shape index (κ1) is 24.9. The highest BCUT2D eigenvalue weighted by Crippen LogP contribution is 2.22. The zero-order chi connectivity index (χ0) is 19.9. The highest BCUT2D eigenvalue weighted by Gasteiger charge is 2.25. The molecule has 0 saturated carbocycles. The Labute approximate surface area is 187 Å². The molecule has 2 heterocycles. The van der Waals surface area contributed by atoms with E-state index in [1.165, 1.54) is 0 Å². The van der Waals surface area contributed by atoms with Gasteiger partial charge in [-0.2, -0.15) is 0 Å². The van der Waals surface area contributed by atoms with Crippen LogP contribution in [0.3, 0.4) is 0 Å².